The summed E-state index contributed by atoms with van der Waals surface area (Å²) in [5, 5.41) is 18.9. The number of aliphatic hydroxyl groups excluding tert-OH is 1. The standard InChI is InChI=1S/C14H14I4O4/c15-8-4-7(5-9(16)13(8)21)22-14-10(17)1-6(2-11(14)18)3-12(19)20/h1-2,7-9,13,21H,3-5H2,(H,19,20). The molecule has 0 aromatic heterocycles. The van der Waals surface area contributed by atoms with Crippen LogP contribution in [0.1, 0.15) is 18.4 Å². The van der Waals surface area contributed by atoms with Gasteiger partial charge < -0.3 is 14.9 Å². The van der Waals surface area contributed by atoms with E-state index in [0.717, 1.165) is 31.3 Å². The number of hydrogen-bond acceptors (Lipinski definition) is 3. The van der Waals surface area contributed by atoms with Gasteiger partial charge in [-0.2, -0.15) is 0 Å². The van der Waals surface area contributed by atoms with Gasteiger partial charge in [0.1, 0.15) is 11.9 Å². The lowest BCUT2D eigenvalue weighted by Crippen LogP contribution is -2.42. The van der Waals surface area contributed by atoms with Crippen molar-refractivity contribution in [2.75, 3.05) is 0 Å². The maximum Gasteiger partial charge on any atom is 0.307 e. The van der Waals surface area contributed by atoms with Gasteiger partial charge in [-0.1, -0.05) is 45.2 Å². The van der Waals surface area contributed by atoms with Crippen molar-refractivity contribution in [1.29, 1.82) is 0 Å². The topological polar surface area (TPSA) is 66.8 Å². The third kappa shape index (κ3) is 5.18. The van der Waals surface area contributed by atoms with Crippen LogP contribution in [0.5, 0.6) is 5.75 Å². The Kier molecular flexibility index (Phi) is 7.74. The minimum absolute atomic E-state index is 0.0214. The quantitative estimate of drug-likeness (QED) is 0.361. The highest BCUT2D eigenvalue weighted by atomic mass is 127. The molecule has 1 aromatic rings. The summed E-state index contributed by atoms with van der Waals surface area (Å²) in [7, 11) is 0. The number of ether oxygens (including phenoxy) is 1. The van der Waals surface area contributed by atoms with Crippen molar-refractivity contribution in [3.05, 3.63) is 24.8 Å². The summed E-state index contributed by atoms with van der Waals surface area (Å²) in [4.78, 5) is 10.8. The van der Waals surface area contributed by atoms with Gasteiger partial charge in [0.05, 0.1) is 19.7 Å². The Hall–Kier alpha value is 1.37. The monoisotopic (exact) mass is 754 g/mol. The van der Waals surface area contributed by atoms with E-state index < -0.39 is 5.97 Å². The van der Waals surface area contributed by atoms with Crippen LogP contribution >= 0.6 is 90.4 Å². The predicted octanol–water partition coefficient (Wildman–Crippen LogP) is 4.03. The molecule has 1 aliphatic carbocycles. The summed E-state index contributed by atoms with van der Waals surface area (Å²) < 4.78 is 8.44. The summed E-state index contributed by atoms with van der Waals surface area (Å²) >= 11 is 8.96. The van der Waals surface area contributed by atoms with Crippen LogP contribution in [0.3, 0.4) is 0 Å². The molecule has 1 saturated carbocycles. The van der Waals surface area contributed by atoms with E-state index in [1.165, 1.54) is 0 Å². The molecule has 122 valence electrons. The molecule has 1 aromatic carbocycles. The van der Waals surface area contributed by atoms with Crippen LogP contribution in [-0.2, 0) is 11.2 Å². The molecule has 2 N–H and O–H groups in total. The SMILES string of the molecule is O=C(O)Cc1cc(I)c(OC2CC(I)C(O)C(I)C2)c(I)c1. The average molecular weight is 754 g/mol. The van der Waals surface area contributed by atoms with Crippen molar-refractivity contribution in [1.82, 2.24) is 0 Å². The lowest BCUT2D eigenvalue weighted by Gasteiger charge is -2.34. The smallest absolute Gasteiger partial charge is 0.307 e. The molecular formula is C14H14I4O4. The zero-order valence-electron chi connectivity index (χ0n) is 11.3. The van der Waals surface area contributed by atoms with Gasteiger partial charge in [-0.05, 0) is 75.7 Å². The molecule has 4 nitrogen and oxygen atoms in total. The number of aliphatic hydroxyl groups is 1. The number of benzene rings is 1. The van der Waals surface area contributed by atoms with E-state index in [0.29, 0.717) is 0 Å². The van der Waals surface area contributed by atoms with Crippen LogP contribution in [0.15, 0.2) is 12.1 Å². The molecule has 0 aliphatic heterocycles. The molecule has 8 heteroatoms. The number of carbonyl (C=O) groups is 1. The van der Waals surface area contributed by atoms with Crippen LogP contribution in [0.25, 0.3) is 0 Å². The Bertz CT molecular complexity index is 531. The van der Waals surface area contributed by atoms with Gasteiger partial charge in [0, 0.05) is 7.85 Å². The highest BCUT2D eigenvalue weighted by molar-refractivity contribution is 14.1. The van der Waals surface area contributed by atoms with Gasteiger partial charge in [0.15, 0.2) is 0 Å². The number of halogens is 4. The van der Waals surface area contributed by atoms with E-state index >= 15 is 0 Å². The Morgan fingerprint density at radius 1 is 1.18 bits per heavy atom. The van der Waals surface area contributed by atoms with Crippen LogP contribution in [0.4, 0.5) is 0 Å². The fourth-order valence-corrected chi connectivity index (χ4v) is 7.45. The largest absolute Gasteiger partial charge is 0.488 e. The van der Waals surface area contributed by atoms with Crippen molar-refractivity contribution in [3.8, 4) is 5.75 Å². The summed E-state index contributed by atoms with van der Waals surface area (Å²) in [6.07, 6.45) is 1.47. The maximum absolute atomic E-state index is 10.8. The third-order valence-electron chi connectivity index (χ3n) is 3.42. The number of aliphatic carboxylic acids is 1. The Balaban J connectivity index is 2.14. The average Bonchev–Trinajstić information content (AvgIpc) is 2.39. The number of carboxylic acid groups (broad SMARTS) is 1. The first-order valence-electron chi connectivity index (χ1n) is 6.60. The maximum atomic E-state index is 10.8. The van der Waals surface area contributed by atoms with Crippen LogP contribution < -0.4 is 4.74 Å². The van der Waals surface area contributed by atoms with Crippen LogP contribution in [0, 0.1) is 7.14 Å². The molecule has 0 amide bonds. The fraction of sp³-hybridized carbons (Fsp3) is 0.500. The highest BCUT2D eigenvalue weighted by Crippen LogP contribution is 2.36. The lowest BCUT2D eigenvalue weighted by atomic mass is 9.95. The zero-order valence-corrected chi connectivity index (χ0v) is 19.9. The summed E-state index contributed by atoms with van der Waals surface area (Å²) in [6.45, 7) is 0. The first kappa shape index (κ1) is 19.7. The molecule has 22 heavy (non-hydrogen) atoms. The summed E-state index contributed by atoms with van der Waals surface area (Å²) in [5.74, 6) is -0.00836. The lowest BCUT2D eigenvalue weighted by molar-refractivity contribution is -0.136. The van der Waals surface area contributed by atoms with Gasteiger partial charge in [-0.15, -0.1) is 0 Å². The van der Waals surface area contributed by atoms with E-state index in [-0.39, 0.29) is 26.5 Å². The van der Waals surface area contributed by atoms with E-state index in [1.54, 1.807) is 0 Å². The number of rotatable bonds is 4. The van der Waals surface area contributed by atoms with Gasteiger partial charge in [0.25, 0.3) is 0 Å². The van der Waals surface area contributed by atoms with Crippen molar-refractivity contribution in [3.63, 3.8) is 0 Å². The minimum Gasteiger partial charge on any atom is -0.488 e. The summed E-state index contributed by atoms with van der Waals surface area (Å²) in [5.41, 5.74) is 0.784. The molecule has 0 saturated heterocycles. The number of hydrogen-bond donors (Lipinski definition) is 2. The van der Waals surface area contributed by atoms with Gasteiger partial charge in [-0.3, -0.25) is 4.79 Å². The van der Waals surface area contributed by atoms with Crippen molar-refractivity contribution in [2.24, 2.45) is 0 Å². The normalized spacial score (nSPS) is 28.4. The molecule has 0 radical (unpaired) electrons. The predicted molar refractivity (Wildman–Crippen MR) is 118 cm³/mol. The van der Waals surface area contributed by atoms with E-state index in [4.69, 9.17) is 9.84 Å². The van der Waals surface area contributed by atoms with E-state index in [9.17, 15) is 9.90 Å². The second-order valence-corrected chi connectivity index (χ2v) is 10.7. The first-order valence-corrected chi connectivity index (χ1v) is 11.3. The highest BCUT2D eigenvalue weighted by Gasteiger charge is 2.35. The molecular weight excluding hydrogens is 740 g/mol. The molecule has 2 rings (SSSR count). The molecule has 1 fully saturated rings. The van der Waals surface area contributed by atoms with Gasteiger partial charge >= 0.3 is 5.97 Å². The molecule has 2 unspecified atom stereocenters. The molecule has 2 atom stereocenters. The second-order valence-electron chi connectivity index (χ2n) is 5.19. The fourth-order valence-electron chi connectivity index (χ4n) is 2.37. The van der Waals surface area contributed by atoms with Crippen molar-refractivity contribution in [2.45, 2.75) is 39.3 Å². The third-order valence-corrected chi connectivity index (χ3v) is 7.51. The summed E-state index contributed by atoms with van der Waals surface area (Å²) in [6, 6.07) is 3.74. The van der Waals surface area contributed by atoms with E-state index in [1.807, 2.05) is 12.1 Å². The first-order chi connectivity index (χ1) is 10.3. The number of alkyl halides is 2. The van der Waals surface area contributed by atoms with Gasteiger partial charge in [0.2, 0.25) is 0 Å². The van der Waals surface area contributed by atoms with Crippen LogP contribution in [0.2, 0.25) is 0 Å². The van der Waals surface area contributed by atoms with E-state index in [2.05, 4.69) is 90.4 Å². The Morgan fingerprint density at radius 3 is 2.14 bits per heavy atom. The van der Waals surface area contributed by atoms with Gasteiger partial charge in [-0.25, -0.2) is 0 Å². The Labute approximate surface area is 183 Å². The molecule has 1 aliphatic rings. The molecule has 0 heterocycles. The Morgan fingerprint density at radius 2 is 1.68 bits per heavy atom. The second kappa shape index (κ2) is 8.65. The molecule has 0 bridgehead atoms. The van der Waals surface area contributed by atoms with Crippen LogP contribution in [-0.4, -0.2) is 36.2 Å². The minimum atomic E-state index is -0.831. The van der Waals surface area contributed by atoms with Crippen molar-refractivity contribution < 1.29 is 19.7 Å². The van der Waals surface area contributed by atoms with Crippen molar-refractivity contribution >= 4 is 96.3 Å². The zero-order chi connectivity index (χ0) is 16.4. The number of carboxylic acids is 1. The molecule has 0 spiro atoms.